The Labute approximate surface area is 84.0 Å². The summed E-state index contributed by atoms with van der Waals surface area (Å²) in [5.74, 6) is 0. The molecule has 0 amide bonds. The lowest BCUT2D eigenvalue weighted by Gasteiger charge is -2.30. The molecule has 84 valence electrons. The third kappa shape index (κ3) is 5.40. The topological polar surface area (TPSA) is 76.0 Å². The Bertz CT molecular complexity index is 242. The Morgan fingerprint density at radius 2 is 1.93 bits per heavy atom. The van der Waals surface area contributed by atoms with E-state index in [9.17, 15) is 4.57 Å². The van der Waals surface area contributed by atoms with Gasteiger partial charge in [0.25, 0.3) is 0 Å². The fourth-order valence-electron chi connectivity index (χ4n) is 0.672. The van der Waals surface area contributed by atoms with Gasteiger partial charge in [-0.3, -0.25) is 4.52 Å². The number of rotatable bonds is 5. The minimum atomic E-state index is -4.45. The van der Waals surface area contributed by atoms with Crippen LogP contribution >= 0.6 is 7.82 Å². The molecule has 0 bridgehead atoms. The maximum atomic E-state index is 10.6. The van der Waals surface area contributed by atoms with Gasteiger partial charge in [-0.2, -0.15) is 0 Å². The minimum absolute atomic E-state index is 0.709. The third-order valence-electron chi connectivity index (χ3n) is 1.78. The van der Waals surface area contributed by atoms with Crippen LogP contribution in [0.4, 0.5) is 0 Å². The zero-order valence-electron chi connectivity index (χ0n) is 8.80. The Hall–Kier alpha value is -0.350. The predicted molar refractivity (Wildman–Crippen MR) is 52.6 cm³/mol. The van der Waals surface area contributed by atoms with Gasteiger partial charge in [-0.25, -0.2) is 4.57 Å². The molecule has 2 N–H and O–H groups in total. The van der Waals surface area contributed by atoms with Crippen LogP contribution in [0.25, 0.3) is 0 Å². The van der Waals surface area contributed by atoms with Crippen molar-refractivity contribution in [3.63, 3.8) is 0 Å². The highest BCUT2D eigenvalue weighted by Gasteiger charge is 2.32. The van der Waals surface area contributed by atoms with Gasteiger partial charge in [0, 0.05) is 0 Å². The molecule has 0 aliphatic carbocycles. The van der Waals surface area contributed by atoms with Crippen LogP contribution in [0.3, 0.4) is 0 Å². The van der Waals surface area contributed by atoms with Crippen LogP contribution in [0.2, 0.25) is 0 Å². The van der Waals surface area contributed by atoms with Gasteiger partial charge in [0.15, 0.2) is 0 Å². The van der Waals surface area contributed by atoms with Crippen LogP contribution in [0.5, 0.6) is 0 Å². The lowest BCUT2D eigenvalue weighted by atomic mass is 10.0. The SMILES string of the molecule is CC=COC(C)(C)C(C)OP(=O)(O)O. The summed E-state index contributed by atoms with van der Waals surface area (Å²) < 4.78 is 20.3. The average molecular weight is 224 g/mol. The largest absolute Gasteiger partial charge is 0.493 e. The minimum Gasteiger partial charge on any atom is -0.493 e. The summed E-state index contributed by atoms with van der Waals surface area (Å²) >= 11 is 0. The molecule has 5 nitrogen and oxygen atoms in total. The van der Waals surface area contributed by atoms with Crippen molar-refractivity contribution in [2.75, 3.05) is 0 Å². The molecule has 0 rings (SSSR count). The lowest BCUT2D eigenvalue weighted by Crippen LogP contribution is -2.36. The molecule has 0 aromatic heterocycles. The first kappa shape index (κ1) is 13.7. The van der Waals surface area contributed by atoms with Crippen LogP contribution in [-0.2, 0) is 13.8 Å². The molecule has 0 fully saturated rings. The molecule has 1 unspecified atom stereocenters. The molecule has 0 heterocycles. The molecule has 0 saturated heterocycles. The average Bonchev–Trinajstić information content (AvgIpc) is 1.97. The summed E-state index contributed by atoms with van der Waals surface area (Å²) in [7, 11) is -4.45. The Kier molecular flexibility index (Phi) is 4.81. The summed E-state index contributed by atoms with van der Waals surface area (Å²) in [6.45, 7) is 6.70. The van der Waals surface area contributed by atoms with Gasteiger partial charge in [-0.15, -0.1) is 0 Å². The van der Waals surface area contributed by atoms with Crippen LogP contribution in [0.1, 0.15) is 27.7 Å². The Morgan fingerprint density at radius 3 is 2.29 bits per heavy atom. The third-order valence-corrected chi connectivity index (χ3v) is 2.37. The van der Waals surface area contributed by atoms with E-state index in [1.807, 2.05) is 0 Å². The molecule has 0 aliphatic heterocycles. The molecule has 0 aromatic rings. The van der Waals surface area contributed by atoms with Crippen LogP contribution in [0, 0.1) is 0 Å². The summed E-state index contributed by atoms with van der Waals surface area (Å²) in [5, 5.41) is 0. The van der Waals surface area contributed by atoms with Crippen molar-refractivity contribution in [2.45, 2.75) is 39.4 Å². The van der Waals surface area contributed by atoms with Crippen LogP contribution < -0.4 is 0 Å². The highest BCUT2D eigenvalue weighted by atomic mass is 31.2. The number of ether oxygens (including phenoxy) is 1. The highest BCUT2D eigenvalue weighted by Crippen LogP contribution is 2.40. The van der Waals surface area contributed by atoms with Gasteiger partial charge in [-0.05, 0) is 27.7 Å². The second-order valence-corrected chi connectivity index (χ2v) is 4.62. The van der Waals surface area contributed by atoms with Crippen LogP contribution in [-0.4, -0.2) is 21.5 Å². The summed E-state index contributed by atoms with van der Waals surface area (Å²) in [6, 6.07) is 0. The molecule has 0 spiro atoms. The van der Waals surface area contributed by atoms with Gasteiger partial charge >= 0.3 is 7.82 Å². The van der Waals surface area contributed by atoms with Gasteiger partial charge in [-0.1, -0.05) is 6.08 Å². The Morgan fingerprint density at radius 1 is 1.43 bits per heavy atom. The predicted octanol–water partition coefficient (Wildman–Crippen LogP) is 1.81. The van der Waals surface area contributed by atoms with E-state index in [-0.39, 0.29) is 0 Å². The number of allylic oxidation sites excluding steroid dienone is 1. The molecule has 1 atom stereocenters. The van der Waals surface area contributed by atoms with E-state index >= 15 is 0 Å². The molecular weight excluding hydrogens is 207 g/mol. The van der Waals surface area contributed by atoms with E-state index in [0.717, 1.165) is 0 Å². The molecule has 0 aromatic carbocycles. The quantitative estimate of drug-likeness (QED) is 0.550. The number of hydrogen-bond acceptors (Lipinski definition) is 3. The first-order valence-corrected chi connectivity index (χ1v) is 5.75. The van der Waals surface area contributed by atoms with Crippen molar-refractivity contribution >= 4 is 7.82 Å². The standard InChI is InChI=1S/C8H17O5P/c1-5-6-12-8(3,4)7(2)13-14(9,10)11/h5-7H,1-4H3,(H2,9,10,11). The summed E-state index contributed by atoms with van der Waals surface area (Å²) in [5.41, 5.74) is -0.784. The van der Waals surface area contributed by atoms with Crippen molar-refractivity contribution in [1.82, 2.24) is 0 Å². The number of hydrogen-bond donors (Lipinski definition) is 2. The van der Waals surface area contributed by atoms with E-state index < -0.39 is 19.5 Å². The van der Waals surface area contributed by atoms with Crippen molar-refractivity contribution in [3.8, 4) is 0 Å². The maximum Gasteiger partial charge on any atom is 0.469 e. The van der Waals surface area contributed by atoms with E-state index in [1.165, 1.54) is 6.26 Å². The second-order valence-electron chi connectivity index (χ2n) is 3.43. The number of phosphoric ester groups is 1. The maximum absolute atomic E-state index is 10.6. The van der Waals surface area contributed by atoms with Gasteiger partial charge in [0.2, 0.25) is 0 Å². The zero-order valence-corrected chi connectivity index (χ0v) is 9.69. The van der Waals surface area contributed by atoms with Gasteiger partial charge in [0.05, 0.1) is 6.26 Å². The van der Waals surface area contributed by atoms with Crippen molar-refractivity contribution < 1.29 is 23.6 Å². The smallest absolute Gasteiger partial charge is 0.469 e. The number of phosphoric acid groups is 1. The van der Waals surface area contributed by atoms with Crippen molar-refractivity contribution in [1.29, 1.82) is 0 Å². The molecule has 0 radical (unpaired) electrons. The van der Waals surface area contributed by atoms with E-state index in [0.29, 0.717) is 0 Å². The van der Waals surface area contributed by atoms with Gasteiger partial charge < -0.3 is 14.5 Å². The molecule has 0 saturated carbocycles. The molecular formula is C8H17O5P. The molecule has 6 heteroatoms. The second kappa shape index (κ2) is 4.94. The van der Waals surface area contributed by atoms with Gasteiger partial charge in [0.1, 0.15) is 11.7 Å². The first-order chi connectivity index (χ1) is 6.19. The van der Waals surface area contributed by atoms with E-state index in [4.69, 9.17) is 14.5 Å². The molecule has 14 heavy (non-hydrogen) atoms. The summed E-state index contributed by atoms with van der Waals surface area (Å²) in [4.78, 5) is 17.2. The van der Waals surface area contributed by atoms with Crippen molar-refractivity contribution in [3.05, 3.63) is 12.3 Å². The monoisotopic (exact) mass is 224 g/mol. The zero-order chi connectivity index (χ0) is 11.4. The van der Waals surface area contributed by atoms with Crippen LogP contribution in [0.15, 0.2) is 12.3 Å². The fraction of sp³-hybridized carbons (Fsp3) is 0.750. The Balaban J connectivity index is 4.35. The van der Waals surface area contributed by atoms with E-state index in [2.05, 4.69) is 4.52 Å². The molecule has 0 aliphatic rings. The highest BCUT2D eigenvalue weighted by molar-refractivity contribution is 7.46. The normalized spacial score (nSPS) is 15.9. The fourth-order valence-corrected chi connectivity index (χ4v) is 1.34. The summed E-state index contributed by atoms with van der Waals surface area (Å²) in [6.07, 6.45) is 2.44. The van der Waals surface area contributed by atoms with E-state index in [1.54, 1.807) is 33.8 Å². The first-order valence-electron chi connectivity index (χ1n) is 4.22. The van der Waals surface area contributed by atoms with Crippen molar-refractivity contribution in [2.24, 2.45) is 0 Å². The lowest BCUT2D eigenvalue weighted by molar-refractivity contribution is -0.0458.